The van der Waals surface area contributed by atoms with Crippen LogP contribution in [0.1, 0.15) is 22.4 Å². The van der Waals surface area contributed by atoms with Gasteiger partial charge in [0.05, 0.1) is 11.9 Å². The normalized spacial score (nSPS) is 16.8. The van der Waals surface area contributed by atoms with Crippen LogP contribution >= 0.6 is 11.3 Å². The molecule has 0 fully saturated rings. The standard InChI is InChI=1S/C22H22N2O4S2/c1-15-7-9-16(10-8-15)21-23-19(14-29-21)13-28-22(25)20-11-17-5-3-4-6-18(17)12-24(20)30(2,26)27/h3-10,14,20H,11-13H2,1-2H3/t20-/m0/s1. The highest BCUT2D eigenvalue weighted by Gasteiger charge is 2.37. The lowest BCUT2D eigenvalue weighted by Crippen LogP contribution is -2.48. The fraction of sp³-hybridized carbons (Fsp3) is 0.273. The van der Waals surface area contributed by atoms with Crippen LogP contribution < -0.4 is 0 Å². The van der Waals surface area contributed by atoms with Gasteiger partial charge in [0, 0.05) is 23.9 Å². The summed E-state index contributed by atoms with van der Waals surface area (Å²) in [5.74, 6) is -0.556. The van der Waals surface area contributed by atoms with Crippen LogP contribution in [0.3, 0.4) is 0 Å². The number of fused-ring (bicyclic) bond motifs is 1. The number of nitrogens with zero attached hydrogens (tertiary/aromatic N) is 2. The van der Waals surface area contributed by atoms with Gasteiger partial charge in [-0.3, -0.25) is 4.79 Å². The van der Waals surface area contributed by atoms with Crippen LogP contribution in [-0.4, -0.2) is 36.0 Å². The smallest absolute Gasteiger partial charge is 0.325 e. The lowest BCUT2D eigenvalue weighted by atomic mass is 9.96. The van der Waals surface area contributed by atoms with Crippen molar-refractivity contribution < 1.29 is 17.9 Å². The van der Waals surface area contributed by atoms with Crippen LogP contribution in [0.2, 0.25) is 0 Å². The highest BCUT2D eigenvalue weighted by atomic mass is 32.2. The van der Waals surface area contributed by atoms with Gasteiger partial charge in [-0.05, 0) is 18.1 Å². The molecule has 0 saturated heterocycles. The number of ether oxygens (including phenoxy) is 1. The molecule has 8 heteroatoms. The number of aryl methyl sites for hydroxylation is 1. The van der Waals surface area contributed by atoms with E-state index >= 15 is 0 Å². The van der Waals surface area contributed by atoms with E-state index in [4.69, 9.17) is 4.74 Å². The van der Waals surface area contributed by atoms with Crippen molar-refractivity contribution in [3.63, 3.8) is 0 Å². The van der Waals surface area contributed by atoms with Crippen LogP contribution in [0, 0.1) is 6.92 Å². The van der Waals surface area contributed by atoms with Crippen molar-refractivity contribution >= 4 is 27.3 Å². The van der Waals surface area contributed by atoms with E-state index in [1.807, 2.05) is 60.8 Å². The fourth-order valence-corrected chi connectivity index (χ4v) is 5.30. The Morgan fingerprint density at radius 2 is 1.87 bits per heavy atom. The molecule has 30 heavy (non-hydrogen) atoms. The molecule has 0 amide bonds. The molecule has 1 aliphatic heterocycles. The zero-order valence-electron chi connectivity index (χ0n) is 16.7. The summed E-state index contributed by atoms with van der Waals surface area (Å²) in [6, 6.07) is 14.8. The molecule has 1 atom stereocenters. The van der Waals surface area contributed by atoms with Crippen LogP contribution in [0.25, 0.3) is 10.6 Å². The van der Waals surface area contributed by atoms with Crippen molar-refractivity contribution in [1.29, 1.82) is 0 Å². The van der Waals surface area contributed by atoms with Crippen molar-refractivity contribution in [2.75, 3.05) is 6.26 Å². The van der Waals surface area contributed by atoms with Crippen molar-refractivity contribution in [2.24, 2.45) is 0 Å². The predicted octanol–water partition coefficient (Wildman–Crippen LogP) is 3.55. The molecule has 2 heterocycles. The predicted molar refractivity (Wildman–Crippen MR) is 116 cm³/mol. The third-order valence-electron chi connectivity index (χ3n) is 5.12. The Kier molecular flexibility index (Phi) is 5.73. The SMILES string of the molecule is Cc1ccc(-c2nc(COC(=O)[C@@H]3Cc4ccccc4CN3S(C)(=O)=O)cs2)cc1. The number of carbonyl (C=O) groups is 1. The number of sulfonamides is 1. The first-order chi connectivity index (χ1) is 14.3. The van der Waals surface area contributed by atoms with Gasteiger partial charge >= 0.3 is 5.97 Å². The second-order valence-corrected chi connectivity index (χ2v) is 10.2. The fourth-order valence-electron chi connectivity index (χ4n) is 3.49. The Morgan fingerprint density at radius 3 is 2.57 bits per heavy atom. The molecule has 1 aliphatic rings. The van der Waals surface area contributed by atoms with Crippen molar-refractivity contribution in [2.45, 2.75) is 32.5 Å². The molecule has 0 radical (unpaired) electrons. The average molecular weight is 443 g/mol. The van der Waals surface area contributed by atoms with E-state index in [9.17, 15) is 13.2 Å². The maximum absolute atomic E-state index is 12.8. The molecule has 0 aliphatic carbocycles. The molecule has 3 aromatic rings. The zero-order chi connectivity index (χ0) is 21.3. The second kappa shape index (κ2) is 8.29. The summed E-state index contributed by atoms with van der Waals surface area (Å²) in [7, 11) is -3.56. The Morgan fingerprint density at radius 1 is 1.17 bits per heavy atom. The van der Waals surface area contributed by atoms with Crippen molar-refractivity contribution in [1.82, 2.24) is 9.29 Å². The first kappa shape index (κ1) is 20.7. The molecular weight excluding hydrogens is 420 g/mol. The summed E-state index contributed by atoms with van der Waals surface area (Å²) >= 11 is 1.48. The molecule has 0 saturated carbocycles. The minimum Gasteiger partial charge on any atom is -0.458 e. The highest BCUT2D eigenvalue weighted by molar-refractivity contribution is 7.88. The number of rotatable bonds is 5. The van der Waals surface area contributed by atoms with E-state index in [1.54, 1.807) is 0 Å². The number of hydrogen-bond acceptors (Lipinski definition) is 6. The van der Waals surface area contributed by atoms with E-state index in [2.05, 4.69) is 4.98 Å². The Balaban J connectivity index is 1.47. The number of aromatic nitrogens is 1. The van der Waals surface area contributed by atoms with E-state index in [1.165, 1.54) is 21.2 Å². The van der Waals surface area contributed by atoms with Crippen LogP contribution in [0.4, 0.5) is 0 Å². The molecule has 1 aromatic heterocycles. The number of thiazole rings is 1. The van der Waals surface area contributed by atoms with Gasteiger partial charge in [-0.15, -0.1) is 11.3 Å². The van der Waals surface area contributed by atoms with Gasteiger partial charge in [0.1, 0.15) is 17.7 Å². The summed E-state index contributed by atoms with van der Waals surface area (Å²) in [6.45, 7) is 2.21. The maximum atomic E-state index is 12.8. The Bertz CT molecular complexity index is 1170. The molecule has 0 spiro atoms. The summed E-state index contributed by atoms with van der Waals surface area (Å²) in [5.41, 5.74) is 4.71. The summed E-state index contributed by atoms with van der Waals surface area (Å²) in [6.07, 6.45) is 1.42. The Hall–Kier alpha value is -2.55. The van der Waals surface area contributed by atoms with Gasteiger partial charge in [-0.25, -0.2) is 13.4 Å². The van der Waals surface area contributed by atoms with Crippen molar-refractivity contribution in [3.05, 3.63) is 76.3 Å². The van der Waals surface area contributed by atoms with Gasteiger partial charge in [0.25, 0.3) is 0 Å². The highest BCUT2D eigenvalue weighted by Crippen LogP contribution is 2.27. The molecule has 156 valence electrons. The first-order valence-electron chi connectivity index (χ1n) is 9.53. The van der Waals surface area contributed by atoms with Gasteiger partial charge in [0.15, 0.2) is 0 Å². The molecule has 6 nitrogen and oxygen atoms in total. The van der Waals surface area contributed by atoms with Gasteiger partial charge < -0.3 is 4.74 Å². The third kappa shape index (κ3) is 4.45. The summed E-state index contributed by atoms with van der Waals surface area (Å²) in [5, 5.41) is 2.71. The van der Waals surface area contributed by atoms with Gasteiger partial charge in [-0.1, -0.05) is 54.1 Å². The number of benzene rings is 2. The molecule has 2 aromatic carbocycles. The number of esters is 1. The Labute approximate surface area is 180 Å². The lowest BCUT2D eigenvalue weighted by Gasteiger charge is -2.33. The third-order valence-corrected chi connectivity index (χ3v) is 7.29. The van der Waals surface area contributed by atoms with E-state index in [-0.39, 0.29) is 13.2 Å². The molecule has 0 N–H and O–H groups in total. The maximum Gasteiger partial charge on any atom is 0.325 e. The lowest BCUT2D eigenvalue weighted by molar-refractivity contribution is -0.150. The number of carbonyl (C=O) groups excluding carboxylic acids is 1. The quantitative estimate of drug-likeness (QED) is 0.565. The van der Waals surface area contributed by atoms with E-state index in [0.29, 0.717) is 12.1 Å². The topological polar surface area (TPSA) is 76.6 Å². The van der Waals surface area contributed by atoms with Gasteiger partial charge in [-0.2, -0.15) is 4.31 Å². The first-order valence-corrected chi connectivity index (χ1v) is 12.3. The minimum atomic E-state index is -3.56. The van der Waals surface area contributed by atoms with E-state index in [0.717, 1.165) is 28.0 Å². The van der Waals surface area contributed by atoms with Crippen LogP contribution in [0.15, 0.2) is 53.9 Å². The second-order valence-electron chi connectivity index (χ2n) is 7.41. The van der Waals surface area contributed by atoms with Crippen LogP contribution in [0.5, 0.6) is 0 Å². The molecular formula is C22H22N2O4S2. The summed E-state index contributed by atoms with van der Waals surface area (Å²) in [4.78, 5) is 17.3. The monoisotopic (exact) mass is 442 g/mol. The van der Waals surface area contributed by atoms with E-state index < -0.39 is 22.0 Å². The molecule has 0 bridgehead atoms. The minimum absolute atomic E-state index is 0.0109. The summed E-state index contributed by atoms with van der Waals surface area (Å²) < 4.78 is 31.2. The van der Waals surface area contributed by atoms with Crippen LogP contribution in [-0.2, 0) is 39.1 Å². The largest absolute Gasteiger partial charge is 0.458 e. The average Bonchev–Trinajstić information content (AvgIpc) is 3.20. The molecule has 4 rings (SSSR count). The number of hydrogen-bond donors (Lipinski definition) is 0. The van der Waals surface area contributed by atoms with Gasteiger partial charge in [0.2, 0.25) is 10.0 Å². The zero-order valence-corrected chi connectivity index (χ0v) is 18.4. The molecule has 0 unspecified atom stereocenters. The van der Waals surface area contributed by atoms with Crippen molar-refractivity contribution in [3.8, 4) is 10.6 Å².